The van der Waals surface area contributed by atoms with E-state index in [1.165, 1.54) is 0 Å². The summed E-state index contributed by atoms with van der Waals surface area (Å²) in [6, 6.07) is 4.25. The van der Waals surface area contributed by atoms with Crippen LogP contribution in [0.5, 0.6) is 5.75 Å². The number of aryl methyl sites for hydroxylation is 2. The molecule has 19 heavy (non-hydrogen) atoms. The Morgan fingerprint density at radius 1 is 1.37 bits per heavy atom. The van der Waals surface area contributed by atoms with Crippen LogP contribution >= 0.6 is 0 Å². The summed E-state index contributed by atoms with van der Waals surface area (Å²) in [5, 5.41) is 14.3. The van der Waals surface area contributed by atoms with Gasteiger partial charge in [-0.25, -0.2) is 0 Å². The van der Waals surface area contributed by atoms with Crippen molar-refractivity contribution in [3.8, 4) is 5.75 Å². The van der Waals surface area contributed by atoms with Crippen molar-refractivity contribution in [2.75, 3.05) is 13.2 Å². The van der Waals surface area contributed by atoms with E-state index in [4.69, 9.17) is 4.74 Å². The van der Waals surface area contributed by atoms with E-state index in [0.29, 0.717) is 6.61 Å². The summed E-state index contributed by atoms with van der Waals surface area (Å²) < 4.78 is 5.61. The van der Waals surface area contributed by atoms with Gasteiger partial charge in [-0.1, -0.05) is 0 Å². The minimum absolute atomic E-state index is 0.142. The molecule has 3 nitrogen and oxygen atoms in total. The molecule has 3 heteroatoms. The Bertz CT molecular complexity index is 448. The van der Waals surface area contributed by atoms with Gasteiger partial charge in [-0.2, -0.15) is 0 Å². The minimum Gasteiger partial charge on any atom is -0.494 e. The molecule has 2 N–H and O–H groups in total. The highest BCUT2D eigenvalue weighted by atomic mass is 16.5. The Morgan fingerprint density at radius 2 is 2.11 bits per heavy atom. The lowest BCUT2D eigenvalue weighted by molar-refractivity contribution is 0.0211. The van der Waals surface area contributed by atoms with Gasteiger partial charge < -0.3 is 15.2 Å². The van der Waals surface area contributed by atoms with Gasteiger partial charge in [0.15, 0.2) is 0 Å². The molecule has 0 amide bonds. The molecule has 1 heterocycles. The zero-order chi connectivity index (χ0) is 14.0. The van der Waals surface area contributed by atoms with Crippen molar-refractivity contribution in [3.05, 3.63) is 28.8 Å². The second-order valence-corrected chi connectivity index (χ2v) is 5.66. The molecule has 1 aliphatic heterocycles. The maximum Gasteiger partial charge on any atom is 0.122 e. The molecule has 0 saturated carbocycles. The van der Waals surface area contributed by atoms with Crippen LogP contribution in [-0.2, 0) is 5.60 Å². The van der Waals surface area contributed by atoms with Gasteiger partial charge in [0.25, 0.3) is 0 Å². The summed E-state index contributed by atoms with van der Waals surface area (Å²) in [6.07, 6.45) is 2.16. The molecule has 1 aliphatic rings. The normalized spacial score (nSPS) is 22.3. The van der Waals surface area contributed by atoms with Crippen molar-refractivity contribution in [1.82, 2.24) is 5.32 Å². The van der Waals surface area contributed by atoms with Crippen molar-refractivity contribution in [1.29, 1.82) is 0 Å². The molecule has 0 bridgehead atoms. The molecule has 0 aromatic heterocycles. The highest BCUT2D eigenvalue weighted by Crippen LogP contribution is 2.34. The van der Waals surface area contributed by atoms with Crippen LogP contribution in [0.3, 0.4) is 0 Å². The monoisotopic (exact) mass is 263 g/mol. The van der Waals surface area contributed by atoms with E-state index in [0.717, 1.165) is 41.8 Å². The maximum absolute atomic E-state index is 10.9. The molecule has 1 aromatic rings. The van der Waals surface area contributed by atoms with Crippen LogP contribution in [0, 0.1) is 13.8 Å². The topological polar surface area (TPSA) is 41.5 Å². The first-order chi connectivity index (χ1) is 8.96. The van der Waals surface area contributed by atoms with E-state index >= 15 is 0 Å². The van der Waals surface area contributed by atoms with Gasteiger partial charge in [0.2, 0.25) is 0 Å². The molecule has 0 aliphatic carbocycles. The predicted octanol–water partition coefficient (Wildman–Crippen LogP) is 2.66. The van der Waals surface area contributed by atoms with Crippen LogP contribution in [0.25, 0.3) is 0 Å². The van der Waals surface area contributed by atoms with Gasteiger partial charge >= 0.3 is 0 Å². The summed E-state index contributed by atoms with van der Waals surface area (Å²) in [7, 11) is 0. The molecule has 0 spiro atoms. The van der Waals surface area contributed by atoms with E-state index in [-0.39, 0.29) is 6.04 Å². The average molecular weight is 263 g/mol. The predicted molar refractivity (Wildman–Crippen MR) is 77.7 cm³/mol. The Hall–Kier alpha value is -1.06. The van der Waals surface area contributed by atoms with Crippen LogP contribution in [0.1, 0.15) is 43.4 Å². The van der Waals surface area contributed by atoms with Gasteiger partial charge in [-0.15, -0.1) is 0 Å². The van der Waals surface area contributed by atoms with Gasteiger partial charge in [0.1, 0.15) is 11.4 Å². The van der Waals surface area contributed by atoms with Gasteiger partial charge in [0, 0.05) is 6.04 Å². The molecule has 1 aromatic carbocycles. The molecule has 2 rings (SSSR count). The number of rotatable bonds is 4. The van der Waals surface area contributed by atoms with Crippen molar-refractivity contribution in [2.24, 2.45) is 0 Å². The maximum atomic E-state index is 10.9. The van der Waals surface area contributed by atoms with Crippen LogP contribution in [0.4, 0.5) is 0 Å². The minimum atomic E-state index is -0.823. The quantitative estimate of drug-likeness (QED) is 0.877. The third-order valence-corrected chi connectivity index (χ3v) is 4.11. The first-order valence-corrected chi connectivity index (χ1v) is 7.17. The number of ether oxygens (including phenoxy) is 1. The fourth-order valence-electron chi connectivity index (χ4n) is 3.00. The number of hydrogen-bond acceptors (Lipinski definition) is 3. The van der Waals surface area contributed by atoms with Gasteiger partial charge in [0.05, 0.1) is 6.61 Å². The van der Waals surface area contributed by atoms with Gasteiger partial charge in [-0.3, -0.25) is 0 Å². The summed E-state index contributed by atoms with van der Waals surface area (Å²) >= 11 is 0. The van der Waals surface area contributed by atoms with Crippen molar-refractivity contribution in [2.45, 2.75) is 52.2 Å². The van der Waals surface area contributed by atoms with E-state index in [1.54, 1.807) is 0 Å². The summed E-state index contributed by atoms with van der Waals surface area (Å²) in [4.78, 5) is 0. The Morgan fingerprint density at radius 3 is 2.68 bits per heavy atom. The largest absolute Gasteiger partial charge is 0.494 e. The second kappa shape index (κ2) is 5.51. The molecule has 2 atom stereocenters. The number of benzene rings is 1. The second-order valence-electron chi connectivity index (χ2n) is 5.66. The smallest absolute Gasteiger partial charge is 0.122 e. The molecule has 0 radical (unpaired) electrons. The van der Waals surface area contributed by atoms with Crippen molar-refractivity contribution >= 4 is 0 Å². The molecular formula is C16H25NO2. The standard InChI is InChI=1S/C16H25NO2/c1-5-19-14-10-11(2)13(9-12(14)3)16(4,18)15-7-6-8-17-15/h9-10,15,17-18H,5-8H2,1-4H3. The van der Waals surface area contributed by atoms with Gasteiger partial charge in [-0.05, 0) is 75.9 Å². The van der Waals surface area contributed by atoms with E-state index < -0.39 is 5.60 Å². The van der Waals surface area contributed by atoms with Crippen LogP contribution in [0.2, 0.25) is 0 Å². The Balaban J connectivity index is 2.36. The lowest BCUT2D eigenvalue weighted by Crippen LogP contribution is -2.43. The third kappa shape index (κ3) is 2.77. The zero-order valence-corrected chi connectivity index (χ0v) is 12.4. The fourth-order valence-corrected chi connectivity index (χ4v) is 3.00. The first-order valence-electron chi connectivity index (χ1n) is 7.17. The summed E-state index contributed by atoms with van der Waals surface area (Å²) in [5.74, 6) is 0.916. The summed E-state index contributed by atoms with van der Waals surface area (Å²) in [6.45, 7) is 9.64. The van der Waals surface area contributed by atoms with Crippen molar-refractivity contribution in [3.63, 3.8) is 0 Å². The van der Waals surface area contributed by atoms with E-state index in [1.807, 2.05) is 33.8 Å². The number of hydrogen-bond donors (Lipinski definition) is 2. The van der Waals surface area contributed by atoms with Crippen LogP contribution < -0.4 is 10.1 Å². The molecular weight excluding hydrogens is 238 g/mol. The zero-order valence-electron chi connectivity index (χ0n) is 12.4. The lowest BCUT2D eigenvalue weighted by atomic mass is 9.84. The lowest BCUT2D eigenvalue weighted by Gasteiger charge is -2.32. The summed E-state index contributed by atoms with van der Waals surface area (Å²) in [5.41, 5.74) is 2.36. The molecule has 2 unspecified atom stereocenters. The van der Waals surface area contributed by atoms with E-state index in [9.17, 15) is 5.11 Å². The highest BCUT2D eigenvalue weighted by molar-refractivity contribution is 5.44. The van der Waals surface area contributed by atoms with Crippen LogP contribution in [0.15, 0.2) is 12.1 Å². The average Bonchev–Trinajstić information content (AvgIpc) is 2.88. The number of aliphatic hydroxyl groups is 1. The fraction of sp³-hybridized carbons (Fsp3) is 0.625. The first kappa shape index (κ1) is 14.4. The Labute approximate surface area is 116 Å². The number of nitrogens with one attached hydrogen (secondary N) is 1. The highest BCUT2D eigenvalue weighted by Gasteiger charge is 2.36. The molecule has 1 fully saturated rings. The SMILES string of the molecule is CCOc1cc(C)c(C(C)(O)C2CCCN2)cc1C. The van der Waals surface area contributed by atoms with Crippen molar-refractivity contribution < 1.29 is 9.84 Å². The molecule has 1 saturated heterocycles. The Kier molecular flexibility index (Phi) is 4.16. The van der Waals surface area contributed by atoms with E-state index in [2.05, 4.69) is 11.4 Å². The van der Waals surface area contributed by atoms with Crippen LogP contribution in [-0.4, -0.2) is 24.3 Å². The third-order valence-electron chi connectivity index (χ3n) is 4.11. The molecule has 106 valence electrons.